The molecule has 1 aliphatic rings. The van der Waals surface area contributed by atoms with Crippen molar-refractivity contribution < 1.29 is 13.9 Å². The Hall–Kier alpha value is -1.52. The number of aromatic nitrogens is 1. The van der Waals surface area contributed by atoms with Crippen molar-refractivity contribution in [2.24, 2.45) is 11.8 Å². The minimum absolute atomic E-state index is 0.223. The summed E-state index contributed by atoms with van der Waals surface area (Å²) in [6.07, 6.45) is 4.95. The Balaban J connectivity index is 1.97. The highest BCUT2D eigenvalue weighted by Gasteiger charge is 2.28. The predicted octanol–water partition coefficient (Wildman–Crippen LogP) is 3.09. The van der Waals surface area contributed by atoms with E-state index in [-0.39, 0.29) is 5.69 Å². The number of rotatable bonds is 4. The Kier molecular flexibility index (Phi) is 4.45. The van der Waals surface area contributed by atoms with Gasteiger partial charge in [0.1, 0.15) is 6.26 Å². The molecule has 5 nitrogen and oxygen atoms in total. The molecule has 0 spiro atoms. The first-order valence-electron chi connectivity index (χ1n) is 7.01. The van der Waals surface area contributed by atoms with E-state index >= 15 is 0 Å². The third-order valence-electron chi connectivity index (χ3n) is 4.00. The molecule has 0 saturated heterocycles. The van der Waals surface area contributed by atoms with Crippen LogP contribution < -0.4 is 5.32 Å². The van der Waals surface area contributed by atoms with Crippen molar-refractivity contribution in [1.82, 2.24) is 4.98 Å². The van der Waals surface area contributed by atoms with Crippen molar-refractivity contribution in [2.75, 3.05) is 11.9 Å². The number of anilines is 1. The summed E-state index contributed by atoms with van der Waals surface area (Å²) in [5.74, 6) is 0.835. The highest BCUT2D eigenvalue weighted by atomic mass is 16.5. The van der Waals surface area contributed by atoms with Crippen LogP contribution in [-0.4, -0.2) is 23.6 Å². The minimum Gasteiger partial charge on any atom is -0.461 e. The van der Waals surface area contributed by atoms with Crippen LogP contribution in [0.15, 0.2) is 10.7 Å². The van der Waals surface area contributed by atoms with Gasteiger partial charge in [-0.15, -0.1) is 0 Å². The topological polar surface area (TPSA) is 64.4 Å². The number of ether oxygens (including phenoxy) is 1. The molecule has 0 aliphatic heterocycles. The largest absolute Gasteiger partial charge is 0.461 e. The van der Waals surface area contributed by atoms with E-state index in [1.807, 2.05) is 0 Å². The third kappa shape index (κ3) is 3.28. The predicted molar refractivity (Wildman–Crippen MR) is 72.0 cm³/mol. The Labute approximate surface area is 113 Å². The summed E-state index contributed by atoms with van der Waals surface area (Å²) < 4.78 is 10.2. The molecule has 1 aliphatic carbocycles. The van der Waals surface area contributed by atoms with Gasteiger partial charge in [-0.3, -0.25) is 0 Å². The summed E-state index contributed by atoms with van der Waals surface area (Å²) in [5, 5.41) is 3.29. The van der Waals surface area contributed by atoms with Crippen LogP contribution >= 0.6 is 0 Å². The van der Waals surface area contributed by atoms with Gasteiger partial charge >= 0.3 is 5.97 Å². The number of carbonyl (C=O) groups is 1. The number of hydrogen-bond donors (Lipinski definition) is 1. The zero-order valence-corrected chi connectivity index (χ0v) is 11.8. The van der Waals surface area contributed by atoms with Crippen molar-refractivity contribution in [3.63, 3.8) is 0 Å². The molecule has 0 amide bonds. The quantitative estimate of drug-likeness (QED) is 0.848. The molecule has 3 unspecified atom stereocenters. The Morgan fingerprint density at radius 2 is 2.32 bits per heavy atom. The van der Waals surface area contributed by atoms with Crippen LogP contribution in [0.4, 0.5) is 6.01 Å². The highest BCUT2D eigenvalue weighted by Crippen LogP contribution is 2.31. The molecule has 1 fully saturated rings. The van der Waals surface area contributed by atoms with Crippen LogP contribution in [0.5, 0.6) is 0 Å². The van der Waals surface area contributed by atoms with E-state index in [1.54, 1.807) is 6.92 Å². The molecule has 0 radical (unpaired) electrons. The second-order valence-electron chi connectivity index (χ2n) is 5.28. The van der Waals surface area contributed by atoms with Crippen LogP contribution in [0.2, 0.25) is 0 Å². The second-order valence-corrected chi connectivity index (χ2v) is 5.28. The Bertz CT molecular complexity index is 430. The zero-order chi connectivity index (χ0) is 13.8. The molecule has 0 aromatic carbocycles. The van der Waals surface area contributed by atoms with E-state index in [4.69, 9.17) is 9.15 Å². The van der Waals surface area contributed by atoms with Crippen LogP contribution in [0, 0.1) is 11.8 Å². The Morgan fingerprint density at radius 1 is 1.53 bits per heavy atom. The molecule has 1 aromatic heterocycles. The first-order valence-corrected chi connectivity index (χ1v) is 7.01. The van der Waals surface area contributed by atoms with Gasteiger partial charge in [-0.25, -0.2) is 4.79 Å². The first-order chi connectivity index (χ1) is 9.11. The van der Waals surface area contributed by atoms with Crippen LogP contribution in [0.1, 0.15) is 50.5 Å². The number of esters is 1. The molecule has 0 bridgehead atoms. The lowest BCUT2D eigenvalue weighted by Crippen LogP contribution is -2.35. The van der Waals surface area contributed by atoms with E-state index in [0.29, 0.717) is 30.5 Å². The van der Waals surface area contributed by atoms with Gasteiger partial charge in [0.05, 0.1) is 6.61 Å². The van der Waals surface area contributed by atoms with Crippen LogP contribution in [0.25, 0.3) is 0 Å². The van der Waals surface area contributed by atoms with Gasteiger partial charge in [-0.05, 0) is 25.2 Å². The number of oxazole rings is 1. The van der Waals surface area contributed by atoms with Crippen LogP contribution in [0.3, 0.4) is 0 Å². The maximum Gasteiger partial charge on any atom is 0.360 e. The molecular weight excluding hydrogens is 244 g/mol. The molecule has 3 atom stereocenters. The van der Waals surface area contributed by atoms with E-state index in [1.165, 1.54) is 19.1 Å². The average molecular weight is 266 g/mol. The van der Waals surface area contributed by atoms with E-state index in [2.05, 4.69) is 24.1 Å². The SMILES string of the molecule is CCOC(=O)c1coc(NC2CCCC(C)C2C)n1. The monoisotopic (exact) mass is 266 g/mol. The van der Waals surface area contributed by atoms with Crippen molar-refractivity contribution >= 4 is 12.0 Å². The van der Waals surface area contributed by atoms with Gasteiger partial charge in [0, 0.05) is 6.04 Å². The van der Waals surface area contributed by atoms with Gasteiger partial charge < -0.3 is 14.5 Å². The summed E-state index contributed by atoms with van der Waals surface area (Å²) in [5.41, 5.74) is 0.223. The molecule has 106 valence electrons. The highest BCUT2D eigenvalue weighted by molar-refractivity contribution is 5.87. The van der Waals surface area contributed by atoms with Gasteiger partial charge in [0.2, 0.25) is 0 Å². The fourth-order valence-corrected chi connectivity index (χ4v) is 2.58. The lowest BCUT2D eigenvalue weighted by Gasteiger charge is -2.34. The molecule has 1 aromatic rings. The molecule has 5 heteroatoms. The smallest absolute Gasteiger partial charge is 0.360 e. The molecular formula is C14H22N2O3. The third-order valence-corrected chi connectivity index (χ3v) is 4.00. The summed E-state index contributed by atoms with van der Waals surface area (Å²) >= 11 is 0. The minimum atomic E-state index is -0.440. The van der Waals surface area contributed by atoms with Crippen molar-refractivity contribution in [2.45, 2.75) is 46.1 Å². The summed E-state index contributed by atoms with van der Waals surface area (Å²) in [7, 11) is 0. The van der Waals surface area contributed by atoms with E-state index in [9.17, 15) is 4.79 Å². The van der Waals surface area contributed by atoms with Gasteiger partial charge in [0.15, 0.2) is 5.69 Å². The molecule has 1 saturated carbocycles. The maximum atomic E-state index is 11.5. The van der Waals surface area contributed by atoms with Gasteiger partial charge in [0.25, 0.3) is 6.01 Å². The number of carbonyl (C=O) groups excluding carboxylic acids is 1. The normalized spacial score (nSPS) is 27.0. The van der Waals surface area contributed by atoms with Gasteiger partial charge in [-0.1, -0.05) is 26.7 Å². The zero-order valence-electron chi connectivity index (χ0n) is 11.8. The standard InChI is InChI=1S/C14H22N2O3/c1-4-18-13(17)12-8-19-14(16-12)15-11-7-5-6-9(2)10(11)3/h8-11H,4-7H2,1-3H3,(H,15,16). The average Bonchev–Trinajstić information content (AvgIpc) is 2.84. The van der Waals surface area contributed by atoms with Crippen molar-refractivity contribution in [1.29, 1.82) is 0 Å². The fourth-order valence-electron chi connectivity index (χ4n) is 2.58. The summed E-state index contributed by atoms with van der Waals surface area (Å²) in [4.78, 5) is 15.6. The fraction of sp³-hybridized carbons (Fsp3) is 0.714. The van der Waals surface area contributed by atoms with Crippen LogP contribution in [-0.2, 0) is 4.74 Å². The molecule has 1 heterocycles. The number of nitrogens with zero attached hydrogens (tertiary/aromatic N) is 1. The van der Waals surface area contributed by atoms with Crippen molar-refractivity contribution in [3.8, 4) is 0 Å². The molecule has 1 N–H and O–H groups in total. The van der Waals surface area contributed by atoms with E-state index in [0.717, 1.165) is 6.42 Å². The van der Waals surface area contributed by atoms with E-state index < -0.39 is 5.97 Å². The molecule has 2 rings (SSSR count). The summed E-state index contributed by atoms with van der Waals surface area (Å²) in [6, 6.07) is 0.770. The molecule has 19 heavy (non-hydrogen) atoms. The lowest BCUT2D eigenvalue weighted by molar-refractivity contribution is 0.0519. The van der Waals surface area contributed by atoms with Crippen molar-refractivity contribution in [3.05, 3.63) is 12.0 Å². The second kappa shape index (κ2) is 6.08. The Morgan fingerprint density at radius 3 is 3.05 bits per heavy atom. The first kappa shape index (κ1) is 13.9. The lowest BCUT2D eigenvalue weighted by atomic mass is 9.78. The number of hydrogen-bond acceptors (Lipinski definition) is 5. The number of nitrogens with one attached hydrogen (secondary N) is 1. The summed E-state index contributed by atoms with van der Waals surface area (Å²) in [6.45, 7) is 6.63. The van der Waals surface area contributed by atoms with Gasteiger partial charge in [-0.2, -0.15) is 4.98 Å². The maximum absolute atomic E-state index is 11.5.